The molecule has 1 unspecified atom stereocenters. The van der Waals surface area contributed by atoms with Crippen LogP contribution in [0.3, 0.4) is 0 Å². The lowest BCUT2D eigenvalue weighted by Crippen LogP contribution is -2.39. The van der Waals surface area contributed by atoms with Crippen molar-refractivity contribution >= 4 is 41.3 Å². The third-order valence-corrected chi connectivity index (χ3v) is 4.85. The summed E-state index contributed by atoms with van der Waals surface area (Å²) in [5, 5.41) is 6.39. The molecule has 1 atom stereocenters. The first-order valence-electron chi connectivity index (χ1n) is 7.91. The van der Waals surface area contributed by atoms with Gasteiger partial charge in [-0.2, -0.15) is 0 Å². The van der Waals surface area contributed by atoms with E-state index in [1.807, 2.05) is 6.92 Å². The first-order chi connectivity index (χ1) is 10.6. The summed E-state index contributed by atoms with van der Waals surface area (Å²) in [6.07, 6.45) is 1.07. The van der Waals surface area contributed by atoms with Crippen LogP contribution in [0.1, 0.15) is 30.0 Å². The quantitative estimate of drug-likeness (QED) is 0.285. The zero-order valence-corrected chi connectivity index (χ0v) is 17.1. The molecule has 2 rings (SSSR count). The molecule has 0 bridgehead atoms. The molecule has 8 heteroatoms. The van der Waals surface area contributed by atoms with Gasteiger partial charge in [-0.15, -0.1) is 35.3 Å². The van der Waals surface area contributed by atoms with Crippen LogP contribution in [-0.2, 0) is 4.74 Å². The molecule has 2 heterocycles. The number of aryl methyl sites for hydroxylation is 1. The van der Waals surface area contributed by atoms with Crippen molar-refractivity contribution in [3.05, 3.63) is 16.1 Å². The minimum Gasteiger partial charge on any atom is -0.379 e. The van der Waals surface area contributed by atoms with Gasteiger partial charge < -0.3 is 15.8 Å². The van der Waals surface area contributed by atoms with Crippen LogP contribution in [0.4, 0.5) is 0 Å². The molecule has 1 aromatic rings. The average molecular weight is 453 g/mol. The highest BCUT2D eigenvalue weighted by Gasteiger charge is 2.10. The smallest absolute Gasteiger partial charge is 0.188 e. The maximum atomic E-state index is 5.91. The Labute approximate surface area is 159 Å². The number of hydrogen-bond donors (Lipinski definition) is 2. The molecular formula is C15H28IN5OS. The van der Waals surface area contributed by atoms with Gasteiger partial charge in [-0.1, -0.05) is 6.92 Å². The number of rotatable bonds is 7. The second-order valence-electron chi connectivity index (χ2n) is 5.69. The highest BCUT2D eigenvalue weighted by Crippen LogP contribution is 2.19. The van der Waals surface area contributed by atoms with Crippen molar-refractivity contribution < 1.29 is 4.74 Å². The summed E-state index contributed by atoms with van der Waals surface area (Å²) in [7, 11) is 0. The predicted molar refractivity (Wildman–Crippen MR) is 107 cm³/mol. The third kappa shape index (κ3) is 7.77. The summed E-state index contributed by atoms with van der Waals surface area (Å²) < 4.78 is 5.34. The molecule has 132 valence electrons. The normalized spacial score (nSPS) is 17.6. The number of ether oxygens (including phenoxy) is 1. The minimum absolute atomic E-state index is 0. The summed E-state index contributed by atoms with van der Waals surface area (Å²) in [6.45, 7) is 10.5. The minimum atomic E-state index is 0. The Hall–Kier alpha value is -0.450. The fraction of sp³-hybridized carbons (Fsp3) is 0.733. The number of hydrogen-bond acceptors (Lipinski definition) is 5. The molecule has 1 saturated heterocycles. The van der Waals surface area contributed by atoms with Crippen LogP contribution < -0.4 is 11.1 Å². The molecule has 6 nitrogen and oxygen atoms in total. The summed E-state index contributed by atoms with van der Waals surface area (Å²) in [4.78, 5) is 11.3. The van der Waals surface area contributed by atoms with Crippen LogP contribution in [-0.4, -0.2) is 61.8 Å². The van der Waals surface area contributed by atoms with E-state index in [-0.39, 0.29) is 24.0 Å². The van der Waals surface area contributed by atoms with Crippen LogP contribution >= 0.6 is 35.3 Å². The van der Waals surface area contributed by atoms with Gasteiger partial charge in [0.05, 0.1) is 24.8 Å². The number of nitrogens with two attached hydrogens (primary N) is 1. The Kier molecular flexibility index (Phi) is 10.00. The van der Waals surface area contributed by atoms with Gasteiger partial charge in [-0.3, -0.25) is 9.89 Å². The van der Waals surface area contributed by atoms with Gasteiger partial charge in [-0.05, 0) is 19.9 Å². The van der Waals surface area contributed by atoms with Crippen molar-refractivity contribution in [3.63, 3.8) is 0 Å². The lowest BCUT2D eigenvalue weighted by atomic mass is 10.2. The van der Waals surface area contributed by atoms with E-state index < -0.39 is 0 Å². The Morgan fingerprint density at radius 2 is 2.26 bits per heavy atom. The fourth-order valence-electron chi connectivity index (χ4n) is 2.31. The van der Waals surface area contributed by atoms with Crippen LogP contribution in [0.2, 0.25) is 0 Å². The van der Waals surface area contributed by atoms with Gasteiger partial charge in [0.15, 0.2) is 5.96 Å². The molecule has 1 aliphatic rings. The zero-order valence-electron chi connectivity index (χ0n) is 14.0. The second-order valence-corrected chi connectivity index (χ2v) is 6.58. The molecule has 1 fully saturated rings. The van der Waals surface area contributed by atoms with Gasteiger partial charge in [-0.25, -0.2) is 4.98 Å². The third-order valence-electron chi connectivity index (χ3n) is 3.65. The molecule has 0 saturated carbocycles. The van der Waals surface area contributed by atoms with Crippen LogP contribution in [0, 0.1) is 6.92 Å². The number of nitrogens with one attached hydrogen (secondary N) is 1. The first kappa shape index (κ1) is 20.6. The molecule has 23 heavy (non-hydrogen) atoms. The highest BCUT2D eigenvalue weighted by molar-refractivity contribution is 14.0. The monoisotopic (exact) mass is 453 g/mol. The van der Waals surface area contributed by atoms with Crippen LogP contribution in [0.25, 0.3) is 0 Å². The lowest BCUT2D eigenvalue weighted by molar-refractivity contribution is 0.0376. The van der Waals surface area contributed by atoms with Crippen LogP contribution in [0.15, 0.2) is 10.4 Å². The Morgan fingerprint density at radius 1 is 1.52 bits per heavy atom. The number of aliphatic imine (C=N–C) groups is 1. The van der Waals surface area contributed by atoms with E-state index in [0.29, 0.717) is 18.4 Å². The van der Waals surface area contributed by atoms with E-state index in [1.165, 1.54) is 0 Å². The van der Waals surface area contributed by atoms with Crippen molar-refractivity contribution in [2.45, 2.75) is 26.2 Å². The molecule has 3 N–H and O–H groups in total. The molecule has 0 spiro atoms. The summed E-state index contributed by atoms with van der Waals surface area (Å²) in [5.41, 5.74) is 6.99. The van der Waals surface area contributed by atoms with Gasteiger partial charge in [0, 0.05) is 36.6 Å². The van der Waals surface area contributed by atoms with E-state index in [9.17, 15) is 0 Å². The number of nitrogens with zero attached hydrogens (tertiary/aromatic N) is 3. The summed E-state index contributed by atoms with van der Waals surface area (Å²) in [6, 6.07) is 0. The van der Waals surface area contributed by atoms with Crippen molar-refractivity contribution in [2.75, 3.05) is 45.9 Å². The molecule has 0 aromatic carbocycles. The van der Waals surface area contributed by atoms with Crippen molar-refractivity contribution in [1.82, 2.24) is 15.2 Å². The Bertz CT molecular complexity index is 476. The summed E-state index contributed by atoms with van der Waals surface area (Å²) >= 11 is 1.69. The number of morpholine rings is 1. The average Bonchev–Trinajstić information content (AvgIpc) is 2.97. The van der Waals surface area contributed by atoms with E-state index in [4.69, 9.17) is 10.5 Å². The molecule has 0 aliphatic carbocycles. The van der Waals surface area contributed by atoms with E-state index >= 15 is 0 Å². The predicted octanol–water partition coefficient (Wildman–Crippen LogP) is 1.80. The first-order valence-corrected chi connectivity index (χ1v) is 8.79. The fourth-order valence-corrected chi connectivity index (χ4v) is 3.16. The maximum Gasteiger partial charge on any atom is 0.188 e. The van der Waals surface area contributed by atoms with Gasteiger partial charge in [0.2, 0.25) is 0 Å². The number of guanidine groups is 1. The Balaban J connectivity index is 0.00000264. The molecule has 0 radical (unpaired) electrons. The van der Waals surface area contributed by atoms with Crippen LogP contribution in [0.5, 0.6) is 0 Å². The van der Waals surface area contributed by atoms with E-state index in [0.717, 1.165) is 56.5 Å². The molecule has 0 amide bonds. The van der Waals surface area contributed by atoms with Gasteiger partial charge >= 0.3 is 0 Å². The van der Waals surface area contributed by atoms with E-state index in [2.05, 4.69) is 32.5 Å². The SMILES string of the molecule is Cc1csc(C(C)CN=C(N)NCCCN2CCOCC2)n1.I. The maximum absolute atomic E-state index is 5.91. The van der Waals surface area contributed by atoms with E-state index in [1.54, 1.807) is 11.3 Å². The van der Waals surface area contributed by atoms with Crippen molar-refractivity contribution in [3.8, 4) is 0 Å². The number of aromatic nitrogens is 1. The largest absolute Gasteiger partial charge is 0.379 e. The standard InChI is InChI=1S/C15H27N5OS.HI/c1-12(14-19-13(2)11-22-14)10-18-15(16)17-4-3-5-20-6-8-21-9-7-20;/h11-12H,3-10H2,1-2H3,(H3,16,17,18);1H. The molecule has 1 aliphatic heterocycles. The highest BCUT2D eigenvalue weighted by atomic mass is 127. The number of thiazole rings is 1. The Morgan fingerprint density at radius 3 is 2.91 bits per heavy atom. The van der Waals surface area contributed by atoms with Gasteiger partial charge in [0.1, 0.15) is 0 Å². The number of halogens is 1. The topological polar surface area (TPSA) is 75.8 Å². The van der Waals surface area contributed by atoms with Gasteiger partial charge in [0.25, 0.3) is 0 Å². The van der Waals surface area contributed by atoms with Crippen molar-refractivity contribution in [1.29, 1.82) is 0 Å². The molecular weight excluding hydrogens is 425 g/mol. The van der Waals surface area contributed by atoms with Crippen molar-refractivity contribution in [2.24, 2.45) is 10.7 Å². The second kappa shape index (κ2) is 11.2. The molecule has 1 aromatic heterocycles. The summed E-state index contributed by atoms with van der Waals surface area (Å²) in [5.74, 6) is 0.842. The lowest BCUT2D eigenvalue weighted by Gasteiger charge is -2.26. The zero-order chi connectivity index (χ0) is 15.8.